The van der Waals surface area contributed by atoms with E-state index in [-0.39, 0.29) is 12.5 Å². The molecule has 2 aromatic carbocycles. The first-order chi connectivity index (χ1) is 11.2. The first-order valence-electron chi connectivity index (χ1n) is 7.66. The van der Waals surface area contributed by atoms with Crippen LogP contribution >= 0.6 is 11.6 Å². The topological polar surface area (TPSA) is 50.4 Å². The van der Waals surface area contributed by atoms with E-state index in [2.05, 4.69) is 10.6 Å². The summed E-state index contributed by atoms with van der Waals surface area (Å²) in [4.78, 5) is 11.9. The highest BCUT2D eigenvalue weighted by Crippen LogP contribution is 2.23. The molecule has 1 amide bonds. The first-order valence-corrected chi connectivity index (χ1v) is 8.03. The Labute approximate surface area is 141 Å². The maximum atomic E-state index is 11.9. The third-order valence-electron chi connectivity index (χ3n) is 3.28. The van der Waals surface area contributed by atoms with Gasteiger partial charge in [0, 0.05) is 11.6 Å². The van der Waals surface area contributed by atoms with Crippen molar-refractivity contribution in [1.29, 1.82) is 0 Å². The van der Waals surface area contributed by atoms with E-state index in [1.807, 2.05) is 55.5 Å². The number of nitrogens with one attached hydrogen (secondary N) is 2. The molecule has 0 bridgehead atoms. The van der Waals surface area contributed by atoms with Crippen molar-refractivity contribution in [3.05, 3.63) is 59.1 Å². The van der Waals surface area contributed by atoms with Crippen LogP contribution in [0.3, 0.4) is 0 Å². The quantitative estimate of drug-likeness (QED) is 0.777. The van der Waals surface area contributed by atoms with Gasteiger partial charge in [-0.3, -0.25) is 4.79 Å². The molecule has 5 heteroatoms. The van der Waals surface area contributed by atoms with Crippen LogP contribution in [0, 0.1) is 0 Å². The Morgan fingerprint density at radius 1 is 1.13 bits per heavy atom. The lowest BCUT2D eigenvalue weighted by Crippen LogP contribution is -2.31. The summed E-state index contributed by atoms with van der Waals surface area (Å²) in [5, 5.41) is 6.71. The van der Waals surface area contributed by atoms with Crippen LogP contribution in [0.15, 0.2) is 48.5 Å². The molecule has 4 nitrogen and oxygen atoms in total. The molecule has 0 aromatic heterocycles. The summed E-state index contributed by atoms with van der Waals surface area (Å²) < 4.78 is 5.51. The molecule has 0 spiro atoms. The van der Waals surface area contributed by atoms with E-state index in [0.29, 0.717) is 13.2 Å². The first kappa shape index (κ1) is 17.2. The predicted molar refractivity (Wildman–Crippen MR) is 94.3 cm³/mol. The van der Waals surface area contributed by atoms with Gasteiger partial charge in [-0.25, -0.2) is 0 Å². The number of carbonyl (C=O) groups is 1. The maximum absolute atomic E-state index is 11.9. The molecular formula is C18H21ClN2O2. The highest BCUT2D eigenvalue weighted by Gasteiger charge is 2.05. The van der Waals surface area contributed by atoms with Gasteiger partial charge < -0.3 is 15.4 Å². The number of carbonyl (C=O) groups excluding carboxylic acids is 1. The number of hydrogen-bond donors (Lipinski definition) is 2. The number of rotatable bonds is 8. The Hall–Kier alpha value is -2.20. The van der Waals surface area contributed by atoms with Gasteiger partial charge in [0.25, 0.3) is 0 Å². The Bertz CT molecular complexity index is 629. The fourth-order valence-electron chi connectivity index (χ4n) is 2.13. The zero-order valence-corrected chi connectivity index (χ0v) is 13.9. The third-order valence-corrected chi connectivity index (χ3v) is 3.53. The van der Waals surface area contributed by atoms with E-state index < -0.39 is 0 Å². The summed E-state index contributed by atoms with van der Waals surface area (Å²) >= 11 is 5.84. The minimum Gasteiger partial charge on any atom is -0.492 e. The van der Waals surface area contributed by atoms with Crippen LogP contribution in [-0.4, -0.2) is 25.6 Å². The summed E-state index contributed by atoms with van der Waals surface area (Å²) in [5.41, 5.74) is 1.96. The number of anilines is 1. The largest absolute Gasteiger partial charge is 0.492 e. The molecule has 0 fully saturated rings. The van der Waals surface area contributed by atoms with Crippen LogP contribution in [0.2, 0.25) is 5.02 Å². The molecule has 0 unspecified atom stereocenters. The molecule has 0 radical (unpaired) electrons. The smallest absolute Gasteiger partial charge is 0.239 e. The summed E-state index contributed by atoms with van der Waals surface area (Å²) in [6.45, 7) is 3.33. The normalized spacial score (nSPS) is 10.2. The highest BCUT2D eigenvalue weighted by molar-refractivity contribution is 6.30. The van der Waals surface area contributed by atoms with Crippen molar-refractivity contribution in [1.82, 2.24) is 5.32 Å². The maximum Gasteiger partial charge on any atom is 0.239 e. The number of benzene rings is 2. The van der Waals surface area contributed by atoms with Crippen LogP contribution in [0.25, 0.3) is 0 Å². The number of hydrogen-bond acceptors (Lipinski definition) is 3. The fourth-order valence-corrected chi connectivity index (χ4v) is 2.26. The third kappa shape index (κ3) is 5.83. The molecule has 0 atom stereocenters. The van der Waals surface area contributed by atoms with Crippen molar-refractivity contribution < 1.29 is 9.53 Å². The SMILES string of the molecule is CCOc1ccccc1NCC(=O)NCCc1ccc(Cl)cc1. The number of amides is 1. The lowest BCUT2D eigenvalue weighted by Gasteiger charge is -2.12. The standard InChI is InChI=1S/C18H21ClN2O2/c1-2-23-17-6-4-3-5-16(17)21-13-18(22)20-12-11-14-7-9-15(19)10-8-14/h3-10,21H,2,11-13H2,1H3,(H,20,22). The summed E-state index contributed by atoms with van der Waals surface area (Å²) in [6, 6.07) is 15.2. The van der Waals surface area contributed by atoms with E-state index in [0.717, 1.165) is 28.4 Å². The van der Waals surface area contributed by atoms with Crippen LogP contribution in [0.4, 0.5) is 5.69 Å². The van der Waals surface area contributed by atoms with Crippen molar-refractivity contribution >= 4 is 23.2 Å². The van der Waals surface area contributed by atoms with Gasteiger partial charge in [-0.05, 0) is 43.2 Å². The summed E-state index contributed by atoms with van der Waals surface area (Å²) in [7, 11) is 0. The Morgan fingerprint density at radius 3 is 2.61 bits per heavy atom. The second-order valence-electron chi connectivity index (χ2n) is 5.01. The van der Waals surface area contributed by atoms with Gasteiger partial charge in [0.2, 0.25) is 5.91 Å². The molecule has 2 N–H and O–H groups in total. The summed E-state index contributed by atoms with van der Waals surface area (Å²) in [5.74, 6) is 0.703. The van der Waals surface area contributed by atoms with Gasteiger partial charge in [-0.15, -0.1) is 0 Å². The van der Waals surface area contributed by atoms with Gasteiger partial charge in [0.05, 0.1) is 18.8 Å². The lowest BCUT2D eigenvalue weighted by molar-refractivity contribution is -0.119. The molecule has 0 aliphatic rings. The monoisotopic (exact) mass is 332 g/mol. The fraction of sp³-hybridized carbons (Fsp3) is 0.278. The molecule has 23 heavy (non-hydrogen) atoms. The molecule has 2 aromatic rings. The van der Waals surface area contributed by atoms with E-state index in [4.69, 9.17) is 16.3 Å². The second kappa shape index (κ2) is 9.06. The van der Waals surface area contributed by atoms with Gasteiger partial charge >= 0.3 is 0 Å². The second-order valence-corrected chi connectivity index (χ2v) is 5.45. The number of ether oxygens (including phenoxy) is 1. The van der Waals surface area contributed by atoms with Crippen LogP contribution in [0.5, 0.6) is 5.75 Å². The van der Waals surface area contributed by atoms with Gasteiger partial charge in [0.1, 0.15) is 5.75 Å². The van der Waals surface area contributed by atoms with E-state index in [1.165, 1.54) is 0 Å². The average Bonchev–Trinajstić information content (AvgIpc) is 2.56. The van der Waals surface area contributed by atoms with Crippen LogP contribution in [-0.2, 0) is 11.2 Å². The minimum atomic E-state index is -0.0507. The van der Waals surface area contributed by atoms with Crippen molar-refractivity contribution in [3.63, 3.8) is 0 Å². The average molecular weight is 333 g/mol. The Balaban J connectivity index is 1.74. The van der Waals surface area contributed by atoms with Crippen molar-refractivity contribution in [2.75, 3.05) is 25.0 Å². The molecule has 0 aliphatic carbocycles. The Morgan fingerprint density at radius 2 is 1.87 bits per heavy atom. The molecule has 0 aliphatic heterocycles. The van der Waals surface area contributed by atoms with Crippen molar-refractivity contribution in [3.8, 4) is 5.75 Å². The zero-order chi connectivity index (χ0) is 16.5. The highest BCUT2D eigenvalue weighted by atomic mass is 35.5. The van der Waals surface area contributed by atoms with Crippen molar-refractivity contribution in [2.45, 2.75) is 13.3 Å². The molecule has 0 saturated carbocycles. The van der Waals surface area contributed by atoms with Gasteiger partial charge in [-0.1, -0.05) is 35.9 Å². The number of halogens is 1. The molecule has 2 rings (SSSR count). The predicted octanol–water partition coefficient (Wildman–Crippen LogP) is 3.51. The molecule has 0 heterocycles. The van der Waals surface area contributed by atoms with E-state index in [9.17, 15) is 4.79 Å². The van der Waals surface area contributed by atoms with Crippen LogP contribution in [0.1, 0.15) is 12.5 Å². The van der Waals surface area contributed by atoms with Gasteiger partial charge in [0.15, 0.2) is 0 Å². The Kier molecular flexibility index (Phi) is 6.76. The van der Waals surface area contributed by atoms with E-state index >= 15 is 0 Å². The number of para-hydroxylation sites is 2. The van der Waals surface area contributed by atoms with E-state index in [1.54, 1.807) is 0 Å². The molecular weight excluding hydrogens is 312 g/mol. The van der Waals surface area contributed by atoms with Crippen LogP contribution < -0.4 is 15.4 Å². The summed E-state index contributed by atoms with van der Waals surface area (Å²) in [6.07, 6.45) is 0.776. The molecule has 122 valence electrons. The zero-order valence-electron chi connectivity index (χ0n) is 13.1. The molecule has 0 saturated heterocycles. The van der Waals surface area contributed by atoms with Crippen molar-refractivity contribution in [2.24, 2.45) is 0 Å². The minimum absolute atomic E-state index is 0.0507. The van der Waals surface area contributed by atoms with Gasteiger partial charge in [-0.2, -0.15) is 0 Å². The lowest BCUT2D eigenvalue weighted by atomic mass is 10.1.